The Hall–Kier alpha value is -1.73. The lowest BCUT2D eigenvalue weighted by Crippen LogP contribution is -1.93. The highest BCUT2D eigenvalue weighted by molar-refractivity contribution is 7.73. The number of nitro benzene ring substituents is 1. The van der Waals surface area contributed by atoms with Crippen molar-refractivity contribution in [3.8, 4) is 11.3 Å². The first kappa shape index (κ1) is 10.8. The van der Waals surface area contributed by atoms with Gasteiger partial charge in [0.15, 0.2) is 3.95 Å². The van der Waals surface area contributed by atoms with Crippen LogP contribution in [-0.4, -0.2) is 14.9 Å². The molecule has 0 unspecified atom stereocenters. The highest BCUT2D eigenvalue weighted by atomic mass is 32.1. The third kappa shape index (κ3) is 1.82. The summed E-state index contributed by atoms with van der Waals surface area (Å²) in [4.78, 5) is 9.99. The number of benzene rings is 1. The number of thiazole rings is 1. The zero-order valence-corrected chi connectivity index (χ0v) is 9.49. The van der Waals surface area contributed by atoms with Crippen molar-refractivity contribution in [2.45, 2.75) is 0 Å². The summed E-state index contributed by atoms with van der Waals surface area (Å²) in [6, 6.07) is 5.91. The fourth-order valence-corrected chi connectivity index (χ4v) is 2.14. The van der Waals surface area contributed by atoms with Crippen LogP contribution >= 0.6 is 23.6 Å². The van der Waals surface area contributed by atoms with E-state index in [1.807, 2.05) is 0 Å². The van der Waals surface area contributed by atoms with Gasteiger partial charge in [0.05, 0.1) is 10.6 Å². The number of nitro groups is 1. The molecule has 1 heterocycles. The van der Waals surface area contributed by atoms with Crippen molar-refractivity contribution in [3.63, 3.8) is 0 Å². The Labute approximate surface area is 99.3 Å². The summed E-state index contributed by atoms with van der Waals surface area (Å²) in [6.45, 7) is 0. The monoisotopic (exact) mass is 254 g/mol. The van der Waals surface area contributed by atoms with Crippen molar-refractivity contribution in [1.29, 1.82) is 0 Å². The molecule has 1 aromatic heterocycles. The van der Waals surface area contributed by atoms with Crippen LogP contribution in [-0.2, 0) is 0 Å². The van der Waals surface area contributed by atoms with Gasteiger partial charge in [0.25, 0.3) is 5.69 Å². The van der Waals surface area contributed by atoms with Crippen molar-refractivity contribution in [3.05, 3.63) is 43.7 Å². The molecule has 0 atom stereocenters. The molecule has 0 aliphatic heterocycles. The summed E-state index contributed by atoms with van der Waals surface area (Å²) < 4.78 is 1.23. The van der Waals surface area contributed by atoms with Crippen molar-refractivity contribution in [2.24, 2.45) is 0 Å². The Kier molecular flexibility index (Phi) is 2.71. The molecular formula is C9H6N2O3S2. The third-order valence-corrected chi connectivity index (χ3v) is 3.22. The summed E-state index contributed by atoms with van der Waals surface area (Å²) >= 11 is 6.09. The van der Waals surface area contributed by atoms with Gasteiger partial charge in [-0.15, -0.1) is 11.3 Å². The minimum atomic E-state index is -0.469. The van der Waals surface area contributed by atoms with Gasteiger partial charge in [-0.05, 0) is 24.4 Å². The average molecular weight is 254 g/mol. The Morgan fingerprint density at radius 2 is 2.00 bits per heavy atom. The molecular weight excluding hydrogens is 248 g/mol. The molecule has 82 valence electrons. The molecule has 0 aliphatic rings. The second-order valence-electron chi connectivity index (χ2n) is 3.00. The van der Waals surface area contributed by atoms with E-state index in [1.165, 1.54) is 23.5 Å². The van der Waals surface area contributed by atoms with Crippen LogP contribution in [0.4, 0.5) is 5.69 Å². The van der Waals surface area contributed by atoms with Gasteiger partial charge < -0.3 is 5.21 Å². The van der Waals surface area contributed by atoms with Crippen molar-refractivity contribution in [2.75, 3.05) is 0 Å². The van der Waals surface area contributed by atoms with Crippen molar-refractivity contribution >= 4 is 29.2 Å². The highest BCUT2D eigenvalue weighted by Gasteiger charge is 2.08. The predicted octanol–water partition coefficient (Wildman–Crippen LogP) is 3.09. The fourth-order valence-electron chi connectivity index (χ4n) is 1.25. The second kappa shape index (κ2) is 4.03. The van der Waals surface area contributed by atoms with Gasteiger partial charge in [-0.1, -0.05) is 0 Å². The molecule has 0 fully saturated rings. The molecule has 0 spiro atoms. The largest absolute Gasteiger partial charge is 0.426 e. The number of rotatable bonds is 2. The maximum Gasteiger partial charge on any atom is 0.269 e. The zero-order chi connectivity index (χ0) is 11.7. The first-order chi connectivity index (χ1) is 7.59. The average Bonchev–Trinajstić information content (AvgIpc) is 2.60. The molecule has 0 amide bonds. The Bertz CT molecular complexity index is 586. The van der Waals surface area contributed by atoms with E-state index in [0.29, 0.717) is 15.2 Å². The SMILES string of the molecule is O=[N+]([O-])c1ccc(-c2csc(=S)n2O)cc1. The van der Waals surface area contributed by atoms with Crippen LogP contribution in [0.15, 0.2) is 29.6 Å². The lowest BCUT2D eigenvalue weighted by Gasteiger charge is -2.00. The van der Waals surface area contributed by atoms with E-state index in [-0.39, 0.29) is 5.69 Å². The van der Waals surface area contributed by atoms with Crippen LogP contribution < -0.4 is 0 Å². The molecule has 0 saturated heterocycles. The van der Waals surface area contributed by atoms with Crippen molar-refractivity contribution in [1.82, 2.24) is 4.73 Å². The van der Waals surface area contributed by atoms with Crippen LogP contribution in [0.2, 0.25) is 0 Å². The van der Waals surface area contributed by atoms with Gasteiger partial charge in [0.1, 0.15) is 0 Å². The normalized spacial score (nSPS) is 10.2. The van der Waals surface area contributed by atoms with E-state index in [4.69, 9.17) is 12.2 Å². The first-order valence-electron chi connectivity index (χ1n) is 4.24. The quantitative estimate of drug-likeness (QED) is 0.387. The molecule has 16 heavy (non-hydrogen) atoms. The summed E-state index contributed by atoms with van der Waals surface area (Å²) in [7, 11) is 0. The van der Waals surface area contributed by atoms with E-state index in [1.54, 1.807) is 17.5 Å². The van der Waals surface area contributed by atoms with E-state index >= 15 is 0 Å². The van der Waals surface area contributed by atoms with Gasteiger partial charge in [0.2, 0.25) is 0 Å². The van der Waals surface area contributed by atoms with E-state index in [2.05, 4.69) is 0 Å². The molecule has 2 rings (SSSR count). The molecule has 1 N–H and O–H groups in total. The van der Waals surface area contributed by atoms with Crippen LogP contribution in [0.1, 0.15) is 0 Å². The predicted molar refractivity (Wildman–Crippen MR) is 62.4 cm³/mol. The highest BCUT2D eigenvalue weighted by Crippen LogP contribution is 2.24. The summed E-state index contributed by atoms with van der Waals surface area (Å²) in [5.41, 5.74) is 1.23. The Morgan fingerprint density at radius 1 is 1.38 bits per heavy atom. The maximum absolute atomic E-state index is 10.5. The molecule has 0 saturated carbocycles. The number of hydrogen-bond donors (Lipinski definition) is 1. The van der Waals surface area contributed by atoms with E-state index < -0.39 is 4.92 Å². The van der Waals surface area contributed by atoms with Crippen LogP contribution in [0, 0.1) is 14.1 Å². The van der Waals surface area contributed by atoms with Gasteiger partial charge >= 0.3 is 0 Å². The third-order valence-electron chi connectivity index (χ3n) is 2.05. The molecule has 5 nitrogen and oxygen atoms in total. The van der Waals surface area contributed by atoms with Gasteiger partial charge in [0, 0.05) is 23.1 Å². The fraction of sp³-hybridized carbons (Fsp3) is 0. The van der Waals surface area contributed by atoms with Crippen LogP contribution in [0.3, 0.4) is 0 Å². The summed E-state index contributed by atoms with van der Waals surface area (Å²) in [5.74, 6) is 0. The lowest BCUT2D eigenvalue weighted by molar-refractivity contribution is -0.384. The number of aromatic nitrogens is 1. The van der Waals surface area contributed by atoms with Gasteiger partial charge in [-0.25, -0.2) is 0 Å². The topological polar surface area (TPSA) is 68.3 Å². The van der Waals surface area contributed by atoms with Crippen LogP contribution in [0.25, 0.3) is 11.3 Å². The lowest BCUT2D eigenvalue weighted by atomic mass is 10.1. The minimum absolute atomic E-state index is 0.0158. The molecule has 0 aliphatic carbocycles. The second-order valence-corrected chi connectivity index (χ2v) is 4.51. The standard InChI is InChI=1S/C9H6N2O3S2/c12-10-8(5-16-9(10)15)6-1-3-7(4-2-6)11(13)14/h1-5,12H. The van der Waals surface area contributed by atoms with Crippen molar-refractivity contribution < 1.29 is 10.1 Å². The Balaban J connectivity index is 2.46. The number of non-ortho nitro benzene ring substituents is 1. The first-order valence-corrected chi connectivity index (χ1v) is 5.53. The molecule has 0 radical (unpaired) electrons. The minimum Gasteiger partial charge on any atom is -0.426 e. The summed E-state index contributed by atoms with van der Waals surface area (Å²) in [6.07, 6.45) is 0. The van der Waals surface area contributed by atoms with Gasteiger partial charge in [-0.2, -0.15) is 4.73 Å². The molecule has 2 aromatic rings. The maximum atomic E-state index is 10.5. The Morgan fingerprint density at radius 3 is 2.44 bits per heavy atom. The van der Waals surface area contributed by atoms with E-state index in [9.17, 15) is 15.3 Å². The smallest absolute Gasteiger partial charge is 0.269 e. The number of hydrogen-bond acceptors (Lipinski definition) is 5. The van der Waals surface area contributed by atoms with Gasteiger partial charge in [-0.3, -0.25) is 10.1 Å². The zero-order valence-electron chi connectivity index (χ0n) is 7.86. The van der Waals surface area contributed by atoms with Crippen LogP contribution in [0.5, 0.6) is 0 Å². The number of nitrogens with zero attached hydrogens (tertiary/aromatic N) is 2. The molecule has 0 bridgehead atoms. The summed E-state index contributed by atoms with van der Waals surface area (Å²) in [5, 5.41) is 21.7. The molecule has 7 heteroatoms. The molecule has 1 aromatic carbocycles. The van der Waals surface area contributed by atoms with E-state index in [0.717, 1.165) is 4.73 Å².